The molecule has 2 N–H and O–H groups in total. The van der Waals surface area contributed by atoms with Crippen molar-refractivity contribution < 1.29 is 4.42 Å². The third-order valence-electron chi connectivity index (χ3n) is 8.73. The summed E-state index contributed by atoms with van der Waals surface area (Å²) in [4.78, 5) is 2.18. The molecule has 9 aromatic rings. The molecule has 0 saturated carbocycles. The first kappa shape index (κ1) is 24.0. The summed E-state index contributed by atoms with van der Waals surface area (Å²) in [6, 6.07) is 39.6. The molecule has 0 unspecified atom stereocenters. The van der Waals surface area contributed by atoms with Crippen LogP contribution in [-0.2, 0) is 0 Å². The van der Waals surface area contributed by atoms with Crippen molar-refractivity contribution in [3.63, 3.8) is 0 Å². The highest BCUT2D eigenvalue weighted by atomic mass is 16.3. The van der Waals surface area contributed by atoms with Crippen LogP contribution in [0.15, 0.2) is 131 Å². The van der Waals surface area contributed by atoms with Crippen molar-refractivity contribution in [2.24, 2.45) is 0 Å². The van der Waals surface area contributed by atoms with Crippen molar-refractivity contribution in [2.75, 3.05) is 4.90 Å². The number of hydrogen-bond acceptors (Lipinski definition) is 4. The summed E-state index contributed by atoms with van der Waals surface area (Å²) < 4.78 is 8.50. The minimum absolute atomic E-state index is 0.694. The maximum absolute atomic E-state index is 6.19. The van der Waals surface area contributed by atoms with E-state index in [2.05, 4.69) is 102 Å². The molecule has 45 heavy (non-hydrogen) atoms. The number of rotatable bonds is 4. The summed E-state index contributed by atoms with van der Waals surface area (Å²) in [6.45, 7) is 0. The fraction of sp³-hybridized carbons (Fsp3) is 0. The fourth-order valence-corrected chi connectivity index (χ4v) is 6.77. The molecule has 10 rings (SSSR count). The van der Waals surface area contributed by atoms with Gasteiger partial charge >= 0.3 is 0 Å². The molecule has 5 aromatic carbocycles. The van der Waals surface area contributed by atoms with Crippen LogP contribution in [0.1, 0.15) is 0 Å². The van der Waals surface area contributed by atoms with Crippen molar-refractivity contribution in [1.29, 1.82) is 0 Å². The maximum Gasteiger partial charge on any atom is 0.187 e. The average molecular weight is 579 g/mol. The number of aromatic amines is 2. The number of allylic oxidation sites excluding steroid dienone is 1. The molecule has 0 saturated heterocycles. The van der Waals surface area contributed by atoms with Crippen molar-refractivity contribution in [2.45, 2.75) is 0 Å². The summed E-state index contributed by atoms with van der Waals surface area (Å²) >= 11 is 0. The van der Waals surface area contributed by atoms with E-state index >= 15 is 0 Å². The third-order valence-corrected chi connectivity index (χ3v) is 8.73. The smallest absolute Gasteiger partial charge is 0.187 e. The van der Waals surface area contributed by atoms with Crippen LogP contribution < -0.4 is 15.5 Å². The number of para-hydroxylation sites is 4. The first-order chi connectivity index (χ1) is 22.3. The largest absolute Gasteiger partial charge is 0.447 e. The van der Waals surface area contributed by atoms with Gasteiger partial charge < -0.3 is 8.98 Å². The molecule has 1 aliphatic rings. The van der Waals surface area contributed by atoms with E-state index in [4.69, 9.17) is 4.42 Å². The Bertz CT molecular complexity index is 2800. The van der Waals surface area contributed by atoms with Crippen LogP contribution in [0.25, 0.3) is 66.0 Å². The summed E-state index contributed by atoms with van der Waals surface area (Å²) in [6.07, 6.45) is 2.00. The number of H-pyrrole nitrogens is 2. The zero-order valence-electron chi connectivity index (χ0n) is 23.7. The highest BCUT2D eigenvalue weighted by molar-refractivity contribution is 6.12. The quantitative estimate of drug-likeness (QED) is 0.212. The normalized spacial score (nSPS) is 12.6. The van der Waals surface area contributed by atoms with Gasteiger partial charge in [-0.15, -0.1) is 0 Å². The van der Waals surface area contributed by atoms with Gasteiger partial charge in [-0.25, -0.2) is 0 Å². The second-order valence-corrected chi connectivity index (χ2v) is 11.2. The molecule has 7 nitrogen and oxygen atoms in total. The van der Waals surface area contributed by atoms with Gasteiger partial charge in [0, 0.05) is 38.7 Å². The van der Waals surface area contributed by atoms with Crippen LogP contribution >= 0.6 is 0 Å². The molecule has 7 heteroatoms. The van der Waals surface area contributed by atoms with Gasteiger partial charge in [-0.1, -0.05) is 66.4 Å². The number of benzene rings is 5. The van der Waals surface area contributed by atoms with Crippen molar-refractivity contribution in [1.82, 2.24) is 25.0 Å². The average Bonchev–Trinajstić information content (AvgIpc) is 3.87. The number of nitrogens with one attached hydrogen (secondary N) is 2. The summed E-state index contributed by atoms with van der Waals surface area (Å²) in [5.74, 6) is 1.73. The van der Waals surface area contributed by atoms with E-state index in [-0.39, 0.29) is 0 Å². The number of aromatic nitrogens is 5. The predicted molar refractivity (Wildman–Crippen MR) is 179 cm³/mol. The van der Waals surface area contributed by atoms with Crippen LogP contribution in [0.5, 0.6) is 0 Å². The number of fused-ring (bicyclic) bond motifs is 8. The van der Waals surface area contributed by atoms with E-state index in [0.29, 0.717) is 5.42 Å². The molecular weight excluding hydrogens is 556 g/mol. The fourth-order valence-electron chi connectivity index (χ4n) is 6.77. The number of nitrogens with zero attached hydrogens (tertiary/aromatic N) is 4. The zero-order chi connectivity index (χ0) is 29.5. The lowest BCUT2D eigenvalue weighted by Crippen LogP contribution is -2.25. The van der Waals surface area contributed by atoms with E-state index in [0.717, 1.165) is 82.8 Å². The Morgan fingerprint density at radius 1 is 0.622 bits per heavy atom. The van der Waals surface area contributed by atoms with Crippen LogP contribution in [-0.4, -0.2) is 25.0 Å². The zero-order valence-corrected chi connectivity index (χ0v) is 23.7. The predicted octanol–water partition coefficient (Wildman–Crippen LogP) is 7.52. The van der Waals surface area contributed by atoms with E-state index in [9.17, 15) is 0 Å². The summed E-state index contributed by atoms with van der Waals surface area (Å²) in [5.41, 5.74) is 13.9. The monoisotopic (exact) mass is 578 g/mol. The van der Waals surface area contributed by atoms with Gasteiger partial charge in [0.15, 0.2) is 5.42 Å². The Hall–Kier alpha value is -6.52. The minimum Gasteiger partial charge on any atom is -0.447 e. The van der Waals surface area contributed by atoms with Crippen LogP contribution in [0.4, 0.5) is 17.3 Å². The van der Waals surface area contributed by atoms with E-state index in [1.165, 1.54) is 0 Å². The Kier molecular flexibility index (Phi) is 4.79. The second kappa shape index (κ2) is 8.99. The molecule has 0 atom stereocenters. The number of furan rings is 1. The van der Waals surface area contributed by atoms with Gasteiger partial charge in [0.25, 0.3) is 0 Å². The van der Waals surface area contributed by atoms with Gasteiger partial charge in [-0.2, -0.15) is 10.2 Å². The molecule has 0 spiro atoms. The lowest BCUT2D eigenvalue weighted by atomic mass is 10.1. The molecule has 0 radical (unpaired) electrons. The Labute approximate surface area is 254 Å². The Balaban J connectivity index is 1.28. The van der Waals surface area contributed by atoms with Crippen LogP contribution in [0, 0.1) is 0 Å². The summed E-state index contributed by atoms with van der Waals surface area (Å²) in [7, 11) is 0. The number of anilines is 3. The van der Waals surface area contributed by atoms with E-state index < -0.39 is 0 Å². The highest BCUT2D eigenvalue weighted by Crippen LogP contribution is 2.42. The SMILES string of the molecule is C1=C=c2oc3ccccc3c2=C(n2c3ccccc3c3cc(N(c4[nH]nc5ccccc45)c4[nH]nc5ccccc45)ccc32)C=1. The van der Waals surface area contributed by atoms with Gasteiger partial charge in [0.1, 0.15) is 17.2 Å². The van der Waals surface area contributed by atoms with Crippen LogP contribution in [0.3, 0.4) is 0 Å². The summed E-state index contributed by atoms with van der Waals surface area (Å²) in [5, 5.41) is 22.3. The lowest BCUT2D eigenvalue weighted by molar-refractivity contribution is 0.576. The first-order valence-electron chi connectivity index (χ1n) is 14.8. The Morgan fingerprint density at radius 2 is 1.24 bits per heavy atom. The molecular formula is C38H22N6O. The topological polar surface area (TPSA) is 78.7 Å². The Morgan fingerprint density at radius 3 is 2.00 bits per heavy atom. The molecule has 0 fully saturated rings. The first-order valence-corrected chi connectivity index (χ1v) is 14.8. The molecule has 0 bridgehead atoms. The minimum atomic E-state index is 0.694. The standard InChI is InChI=1S/C38H22N6O/c1-5-14-29-25(11-1)37(41-39-29)43(38-26-12-2-6-15-30(26)40-42-38)23-20-21-32-28(22-23)24-10-3-7-16-31(24)44(32)33-17-9-19-35-36(33)27-13-4-8-18-34(27)45-35/h1-8,10-18,20-22H,(H,39,41)(H,40,42). The molecule has 210 valence electrons. The lowest BCUT2D eigenvalue weighted by Gasteiger charge is -2.22. The van der Waals surface area contributed by atoms with Crippen molar-refractivity contribution in [3.05, 3.63) is 138 Å². The van der Waals surface area contributed by atoms with E-state index in [1.807, 2.05) is 60.7 Å². The van der Waals surface area contributed by atoms with Gasteiger partial charge in [-0.3, -0.25) is 15.1 Å². The third kappa shape index (κ3) is 3.36. The molecule has 1 aliphatic carbocycles. The molecule has 4 heterocycles. The van der Waals surface area contributed by atoms with Gasteiger partial charge in [0.05, 0.1) is 33.0 Å². The van der Waals surface area contributed by atoms with E-state index in [1.54, 1.807) is 0 Å². The highest BCUT2D eigenvalue weighted by Gasteiger charge is 2.23. The van der Waals surface area contributed by atoms with Crippen molar-refractivity contribution >= 4 is 83.3 Å². The van der Waals surface area contributed by atoms with Gasteiger partial charge in [-0.05, 0) is 60.3 Å². The second-order valence-electron chi connectivity index (χ2n) is 11.2. The molecule has 0 aliphatic heterocycles. The van der Waals surface area contributed by atoms with Crippen molar-refractivity contribution in [3.8, 4) is 0 Å². The van der Waals surface area contributed by atoms with Crippen LogP contribution in [0.2, 0.25) is 0 Å². The van der Waals surface area contributed by atoms with Gasteiger partial charge in [0.2, 0.25) is 0 Å². The molecule has 4 aromatic heterocycles. The maximum atomic E-state index is 6.19. The molecule has 0 amide bonds. The number of hydrogen-bond donors (Lipinski definition) is 2.